The third-order valence-corrected chi connectivity index (χ3v) is 4.41. The number of rotatable bonds is 3. The monoisotopic (exact) mass is 192 g/mol. The summed E-state index contributed by atoms with van der Waals surface area (Å²) in [6.45, 7) is 0. The van der Waals surface area contributed by atoms with Crippen LogP contribution in [0.4, 0.5) is 0 Å². The number of ether oxygens (including phenoxy) is 1. The molecule has 12 heavy (non-hydrogen) atoms. The van der Waals surface area contributed by atoms with Crippen LogP contribution in [0.3, 0.4) is 0 Å². The predicted molar refractivity (Wildman–Crippen MR) is 43.4 cm³/mol. The first-order valence-corrected chi connectivity index (χ1v) is 5.57. The topological polar surface area (TPSA) is 60.4 Å². The van der Waals surface area contributed by atoms with Gasteiger partial charge in [0.2, 0.25) is 0 Å². The van der Waals surface area contributed by atoms with Gasteiger partial charge >= 0.3 is 5.97 Å². The second kappa shape index (κ2) is 2.73. The highest BCUT2D eigenvalue weighted by atomic mass is 32.2. The lowest BCUT2D eigenvalue weighted by molar-refractivity contribution is -0.140. The fraction of sp³-hybridized carbons (Fsp3) is 0.857. The lowest BCUT2D eigenvalue weighted by atomic mass is 10.3. The molecule has 1 rings (SSSR count). The molecule has 0 N–H and O–H groups in total. The van der Waals surface area contributed by atoms with E-state index in [1.807, 2.05) is 0 Å². The van der Waals surface area contributed by atoms with Crippen molar-refractivity contribution in [3.63, 3.8) is 0 Å². The molecule has 1 aliphatic carbocycles. The van der Waals surface area contributed by atoms with Gasteiger partial charge in [-0.2, -0.15) is 0 Å². The standard InChI is InChI=1S/C7H12O4S/c1-11-6(8)5-7(3-4-7)12(2,9)10/h3-5H2,1-2H3. The highest BCUT2D eigenvalue weighted by molar-refractivity contribution is 7.92. The Kier molecular flexibility index (Phi) is 2.16. The predicted octanol–water partition coefficient (Wildman–Crippen LogP) is 0.127. The lowest BCUT2D eigenvalue weighted by Crippen LogP contribution is -2.25. The molecule has 0 saturated heterocycles. The van der Waals surface area contributed by atoms with Crippen molar-refractivity contribution >= 4 is 15.8 Å². The quantitative estimate of drug-likeness (QED) is 0.596. The van der Waals surface area contributed by atoms with Crippen LogP contribution in [-0.2, 0) is 19.4 Å². The molecule has 0 spiro atoms. The van der Waals surface area contributed by atoms with Crippen molar-refractivity contribution in [2.24, 2.45) is 0 Å². The Bertz CT molecular complexity index is 287. The van der Waals surface area contributed by atoms with Gasteiger partial charge in [-0.25, -0.2) is 8.42 Å². The van der Waals surface area contributed by atoms with E-state index in [-0.39, 0.29) is 6.42 Å². The first-order chi connectivity index (χ1) is 5.41. The maximum atomic E-state index is 11.2. The summed E-state index contributed by atoms with van der Waals surface area (Å²) in [5, 5.41) is 0. The van der Waals surface area contributed by atoms with Gasteiger partial charge in [0.1, 0.15) is 0 Å². The summed E-state index contributed by atoms with van der Waals surface area (Å²) in [5.74, 6) is -0.446. The summed E-state index contributed by atoms with van der Waals surface area (Å²) in [5.41, 5.74) is 0. The zero-order valence-electron chi connectivity index (χ0n) is 7.16. The van der Waals surface area contributed by atoms with Crippen LogP contribution in [0.1, 0.15) is 19.3 Å². The summed E-state index contributed by atoms with van der Waals surface area (Å²) >= 11 is 0. The number of hydrogen-bond acceptors (Lipinski definition) is 4. The van der Waals surface area contributed by atoms with Gasteiger partial charge in [0.05, 0.1) is 18.3 Å². The van der Waals surface area contributed by atoms with Crippen LogP contribution in [0.25, 0.3) is 0 Å². The summed E-state index contributed by atoms with van der Waals surface area (Å²) in [6, 6.07) is 0. The van der Waals surface area contributed by atoms with Gasteiger partial charge in [0.15, 0.2) is 9.84 Å². The molecule has 0 aromatic heterocycles. The van der Waals surface area contributed by atoms with Crippen LogP contribution in [0, 0.1) is 0 Å². The third-order valence-electron chi connectivity index (χ3n) is 2.29. The van der Waals surface area contributed by atoms with Crippen LogP contribution in [0.5, 0.6) is 0 Å². The van der Waals surface area contributed by atoms with Crippen molar-refractivity contribution in [2.45, 2.75) is 24.0 Å². The van der Waals surface area contributed by atoms with E-state index in [0.29, 0.717) is 12.8 Å². The number of carbonyl (C=O) groups excluding carboxylic acids is 1. The van der Waals surface area contributed by atoms with E-state index < -0.39 is 20.6 Å². The molecule has 0 atom stereocenters. The maximum Gasteiger partial charge on any atom is 0.307 e. The Labute approximate surface area is 71.8 Å². The zero-order valence-corrected chi connectivity index (χ0v) is 7.98. The van der Waals surface area contributed by atoms with Crippen molar-refractivity contribution in [2.75, 3.05) is 13.4 Å². The van der Waals surface area contributed by atoms with E-state index >= 15 is 0 Å². The second-order valence-electron chi connectivity index (χ2n) is 3.21. The molecule has 0 unspecified atom stereocenters. The molecule has 0 radical (unpaired) electrons. The van der Waals surface area contributed by atoms with Gasteiger partial charge in [-0.1, -0.05) is 0 Å². The van der Waals surface area contributed by atoms with E-state index in [1.54, 1.807) is 0 Å². The molecule has 5 heteroatoms. The Morgan fingerprint density at radius 1 is 1.50 bits per heavy atom. The SMILES string of the molecule is COC(=O)CC1(S(C)(=O)=O)CC1. The fourth-order valence-corrected chi connectivity index (χ4v) is 2.38. The first kappa shape index (κ1) is 9.51. The van der Waals surface area contributed by atoms with E-state index in [9.17, 15) is 13.2 Å². The second-order valence-corrected chi connectivity index (χ2v) is 5.62. The fourth-order valence-electron chi connectivity index (χ4n) is 1.15. The highest BCUT2D eigenvalue weighted by Crippen LogP contribution is 2.46. The van der Waals surface area contributed by atoms with Crippen LogP contribution >= 0.6 is 0 Å². The maximum absolute atomic E-state index is 11.2. The molecule has 0 aliphatic heterocycles. The van der Waals surface area contributed by atoms with Crippen molar-refractivity contribution in [3.05, 3.63) is 0 Å². The smallest absolute Gasteiger partial charge is 0.307 e. The minimum atomic E-state index is -3.10. The average Bonchev–Trinajstić information content (AvgIpc) is 2.67. The Hall–Kier alpha value is -0.580. The van der Waals surface area contributed by atoms with Crippen LogP contribution in [-0.4, -0.2) is 32.5 Å². The van der Waals surface area contributed by atoms with Crippen LogP contribution in [0.15, 0.2) is 0 Å². The highest BCUT2D eigenvalue weighted by Gasteiger charge is 2.53. The van der Waals surface area contributed by atoms with Gasteiger partial charge in [-0.3, -0.25) is 4.79 Å². The Morgan fingerprint density at radius 3 is 2.25 bits per heavy atom. The van der Waals surface area contributed by atoms with Crippen LogP contribution in [0.2, 0.25) is 0 Å². The minimum absolute atomic E-state index is 0.00231. The summed E-state index contributed by atoms with van der Waals surface area (Å²) in [6.07, 6.45) is 2.34. The molecular weight excluding hydrogens is 180 g/mol. The number of esters is 1. The largest absolute Gasteiger partial charge is 0.469 e. The normalized spacial score (nSPS) is 20.2. The van der Waals surface area contributed by atoms with Crippen molar-refractivity contribution in [1.29, 1.82) is 0 Å². The molecule has 0 bridgehead atoms. The molecule has 1 saturated carbocycles. The number of hydrogen-bond donors (Lipinski definition) is 0. The average molecular weight is 192 g/mol. The first-order valence-electron chi connectivity index (χ1n) is 3.68. The van der Waals surface area contributed by atoms with E-state index in [0.717, 1.165) is 0 Å². The molecule has 70 valence electrons. The van der Waals surface area contributed by atoms with Crippen molar-refractivity contribution in [3.8, 4) is 0 Å². The van der Waals surface area contributed by atoms with Gasteiger partial charge in [0.25, 0.3) is 0 Å². The van der Waals surface area contributed by atoms with Crippen LogP contribution < -0.4 is 0 Å². The van der Waals surface area contributed by atoms with Crippen molar-refractivity contribution < 1.29 is 17.9 Å². The molecule has 4 nitrogen and oxygen atoms in total. The molecule has 0 aromatic rings. The van der Waals surface area contributed by atoms with E-state index in [4.69, 9.17) is 0 Å². The van der Waals surface area contributed by atoms with Gasteiger partial charge in [0, 0.05) is 6.26 Å². The minimum Gasteiger partial charge on any atom is -0.469 e. The molecule has 0 heterocycles. The number of carbonyl (C=O) groups is 1. The zero-order chi connectivity index (χ0) is 9.41. The van der Waals surface area contributed by atoms with Gasteiger partial charge < -0.3 is 4.74 Å². The Balaban J connectivity index is 2.70. The summed E-state index contributed by atoms with van der Waals surface area (Å²) in [7, 11) is -1.83. The lowest BCUT2D eigenvalue weighted by Gasteiger charge is -2.10. The Morgan fingerprint density at radius 2 is 2.00 bits per heavy atom. The third kappa shape index (κ3) is 1.60. The molecule has 0 aromatic carbocycles. The number of sulfone groups is 1. The number of methoxy groups -OCH3 is 1. The van der Waals surface area contributed by atoms with E-state index in [1.165, 1.54) is 13.4 Å². The van der Waals surface area contributed by atoms with Crippen molar-refractivity contribution in [1.82, 2.24) is 0 Å². The van der Waals surface area contributed by atoms with Gasteiger partial charge in [-0.05, 0) is 12.8 Å². The molecule has 1 aliphatic rings. The molecule has 0 amide bonds. The van der Waals surface area contributed by atoms with E-state index in [2.05, 4.69) is 4.74 Å². The molecule has 1 fully saturated rings. The summed E-state index contributed by atoms with van der Waals surface area (Å²) in [4.78, 5) is 10.8. The molecular formula is C7H12O4S. The van der Waals surface area contributed by atoms with Gasteiger partial charge in [-0.15, -0.1) is 0 Å². The summed E-state index contributed by atoms with van der Waals surface area (Å²) < 4.78 is 25.9.